The number of methoxy groups -OCH3 is 2. The molecule has 0 amide bonds. The Morgan fingerprint density at radius 1 is 1.15 bits per heavy atom. The highest BCUT2D eigenvalue weighted by Crippen LogP contribution is 2.34. The second-order valence-electron chi connectivity index (χ2n) is 5.28. The summed E-state index contributed by atoms with van der Waals surface area (Å²) < 4.78 is 10.6. The monoisotopic (exact) mass is 280 g/mol. The van der Waals surface area contributed by atoms with Crippen LogP contribution in [-0.4, -0.2) is 19.3 Å². The summed E-state index contributed by atoms with van der Waals surface area (Å²) >= 11 is 0. The molecule has 1 aromatic carbocycles. The predicted molar refractivity (Wildman–Crippen MR) is 82.4 cm³/mol. The third-order valence-electron chi connectivity index (χ3n) is 3.90. The molecule has 0 aliphatic carbocycles. The highest BCUT2D eigenvalue weighted by atomic mass is 16.5. The van der Waals surface area contributed by atoms with Crippen molar-refractivity contribution in [2.75, 3.05) is 14.2 Å². The third-order valence-corrected chi connectivity index (χ3v) is 3.90. The van der Waals surface area contributed by atoms with Crippen LogP contribution in [0.5, 0.6) is 11.5 Å². The number of hydrogen-bond acceptors (Lipinski definition) is 3. The van der Waals surface area contributed by atoms with Crippen molar-refractivity contribution in [1.29, 1.82) is 0 Å². The third kappa shape index (κ3) is 4.71. The van der Waals surface area contributed by atoms with Gasteiger partial charge in [0.2, 0.25) is 0 Å². The van der Waals surface area contributed by atoms with E-state index in [9.17, 15) is 5.11 Å². The summed E-state index contributed by atoms with van der Waals surface area (Å²) in [5.74, 6) is 2.03. The lowest BCUT2D eigenvalue weighted by Gasteiger charge is -2.21. The first kappa shape index (κ1) is 16.8. The minimum atomic E-state index is -0.498. The highest BCUT2D eigenvalue weighted by Gasteiger charge is 2.18. The van der Waals surface area contributed by atoms with Gasteiger partial charge in [-0.25, -0.2) is 0 Å². The Labute approximate surface area is 122 Å². The average molecular weight is 280 g/mol. The van der Waals surface area contributed by atoms with Crippen molar-refractivity contribution in [3.05, 3.63) is 23.8 Å². The van der Waals surface area contributed by atoms with Crippen LogP contribution in [-0.2, 0) is 0 Å². The zero-order valence-electron chi connectivity index (χ0n) is 13.2. The molecule has 0 aliphatic rings. The predicted octanol–water partition coefficient (Wildman–Crippen LogP) is 4.34. The lowest BCUT2D eigenvalue weighted by atomic mass is 9.90. The van der Waals surface area contributed by atoms with Gasteiger partial charge < -0.3 is 14.6 Å². The fourth-order valence-electron chi connectivity index (χ4n) is 2.52. The molecule has 0 aromatic heterocycles. The Morgan fingerprint density at radius 3 is 2.45 bits per heavy atom. The Bertz CT molecular complexity index is 390. The van der Waals surface area contributed by atoms with Gasteiger partial charge in [-0.1, -0.05) is 39.5 Å². The molecule has 0 saturated heterocycles. The summed E-state index contributed by atoms with van der Waals surface area (Å²) in [6.07, 6.45) is 4.98. The van der Waals surface area contributed by atoms with Crippen LogP contribution in [0.25, 0.3) is 0 Å². The van der Waals surface area contributed by atoms with Crippen molar-refractivity contribution in [3.8, 4) is 11.5 Å². The van der Waals surface area contributed by atoms with Gasteiger partial charge in [0.15, 0.2) is 0 Å². The van der Waals surface area contributed by atoms with E-state index in [0.717, 1.165) is 29.9 Å². The Balaban J connectivity index is 2.81. The summed E-state index contributed by atoms with van der Waals surface area (Å²) in [4.78, 5) is 0. The molecule has 0 heterocycles. The molecule has 0 aliphatic heterocycles. The topological polar surface area (TPSA) is 38.7 Å². The van der Waals surface area contributed by atoms with E-state index >= 15 is 0 Å². The van der Waals surface area contributed by atoms with E-state index in [4.69, 9.17) is 9.47 Å². The minimum absolute atomic E-state index is 0.498. The van der Waals surface area contributed by atoms with E-state index in [0.29, 0.717) is 5.92 Å². The molecule has 3 heteroatoms. The number of aliphatic hydroxyl groups excluding tert-OH is 1. The number of benzene rings is 1. The van der Waals surface area contributed by atoms with Gasteiger partial charge in [0, 0.05) is 5.56 Å². The van der Waals surface area contributed by atoms with E-state index in [2.05, 4.69) is 13.8 Å². The van der Waals surface area contributed by atoms with Gasteiger partial charge in [0.1, 0.15) is 11.5 Å². The molecule has 2 atom stereocenters. The first-order chi connectivity index (χ1) is 9.65. The van der Waals surface area contributed by atoms with E-state index in [1.165, 1.54) is 19.3 Å². The largest absolute Gasteiger partial charge is 0.497 e. The Morgan fingerprint density at radius 2 is 1.90 bits per heavy atom. The molecule has 0 spiro atoms. The number of hydrogen-bond donors (Lipinski definition) is 1. The van der Waals surface area contributed by atoms with Gasteiger partial charge in [-0.3, -0.25) is 0 Å². The molecule has 0 radical (unpaired) electrons. The maximum atomic E-state index is 10.5. The zero-order valence-corrected chi connectivity index (χ0v) is 13.2. The summed E-state index contributed by atoms with van der Waals surface area (Å²) in [5.41, 5.74) is 0.821. The molecule has 0 saturated carbocycles. The van der Waals surface area contributed by atoms with Crippen molar-refractivity contribution in [3.63, 3.8) is 0 Å². The van der Waals surface area contributed by atoms with Crippen LogP contribution in [0.4, 0.5) is 0 Å². The van der Waals surface area contributed by atoms with E-state index in [-0.39, 0.29) is 0 Å². The molecule has 20 heavy (non-hydrogen) atoms. The van der Waals surface area contributed by atoms with Crippen LogP contribution in [0.3, 0.4) is 0 Å². The number of aliphatic hydroxyl groups is 1. The fraction of sp³-hybridized carbons (Fsp3) is 0.647. The molecule has 1 rings (SSSR count). The average Bonchev–Trinajstić information content (AvgIpc) is 2.50. The number of ether oxygens (including phenoxy) is 2. The van der Waals surface area contributed by atoms with Crippen LogP contribution in [0.15, 0.2) is 18.2 Å². The smallest absolute Gasteiger partial charge is 0.124 e. The summed E-state index contributed by atoms with van der Waals surface area (Å²) in [5, 5.41) is 10.5. The van der Waals surface area contributed by atoms with Gasteiger partial charge in [0.05, 0.1) is 20.3 Å². The second kappa shape index (κ2) is 8.85. The van der Waals surface area contributed by atoms with Crippen molar-refractivity contribution in [2.24, 2.45) is 5.92 Å². The molecule has 2 unspecified atom stereocenters. The molecule has 1 aromatic rings. The highest BCUT2D eigenvalue weighted by molar-refractivity contribution is 5.41. The Kier molecular flexibility index (Phi) is 7.45. The van der Waals surface area contributed by atoms with Crippen LogP contribution in [0.2, 0.25) is 0 Å². The van der Waals surface area contributed by atoms with Crippen LogP contribution >= 0.6 is 0 Å². The van der Waals surface area contributed by atoms with E-state index in [1.54, 1.807) is 14.2 Å². The lowest BCUT2D eigenvalue weighted by Crippen LogP contribution is -2.08. The van der Waals surface area contributed by atoms with E-state index in [1.807, 2.05) is 18.2 Å². The van der Waals surface area contributed by atoms with Crippen LogP contribution in [0, 0.1) is 5.92 Å². The summed E-state index contributed by atoms with van der Waals surface area (Å²) in [7, 11) is 3.26. The molecule has 114 valence electrons. The summed E-state index contributed by atoms with van der Waals surface area (Å²) in [6.45, 7) is 4.39. The van der Waals surface area contributed by atoms with Gasteiger partial charge in [0.25, 0.3) is 0 Å². The quantitative estimate of drug-likeness (QED) is 0.731. The first-order valence-corrected chi connectivity index (χ1v) is 7.56. The maximum absolute atomic E-state index is 10.5. The number of unbranched alkanes of at least 4 members (excludes halogenated alkanes) is 1. The SMILES string of the molecule is CCCCC(CC)CC(O)c1cc(OC)ccc1OC. The summed E-state index contributed by atoms with van der Waals surface area (Å²) in [6, 6.07) is 5.57. The first-order valence-electron chi connectivity index (χ1n) is 7.56. The van der Waals surface area contributed by atoms with Gasteiger partial charge >= 0.3 is 0 Å². The Hall–Kier alpha value is -1.22. The van der Waals surface area contributed by atoms with Gasteiger partial charge in [-0.15, -0.1) is 0 Å². The second-order valence-corrected chi connectivity index (χ2v) is 5.28. The van der Waals surface area contributed by atoms with Crippen molar-refractivity contribution in [2.45, 2.75) is 52.1 Å². The zero-order chi connectivity index (χ0) is 15.0. The van der Waals surface area contributed by atoms with Gasteiger partial charge in [-0.2, -0.15) is 0 Å². The molecule has 1 N–H and O–H groups in total. The standard InChI is InChI=1S/C17H28O3/c1-5-7-8-13(6-2)11-16(18)15-12-14(19-3)9-10-17(15)20-4/h9-10,12-13,16,18H,5-8,11H2,1-4H3. The maximum Gasteiger partial charge on any atom is 0.124 e. The molecule has 0 fully saturated rings. The molecule has 0 bridgehead atoms. The molecular weight excluding hydrogens is 252 g/mol. The van der Waals surface area contributed by atoms with Crippen molar-refractivity contribution >= 4 is 0 Å². The fourth-order valence-corrected chi connectivity index (χ4v) is 2.52. The van der Waals surface area contributed by atoms with Crippen LogP contribution < -0.4 is 9.47 Å². The minimum Gasteiger partial charge on any atom is -0.497 e. The van der Waals surface area contributed by atoms with Gasteiger partial charge in [-0.05, 0) is 30.5 Å². The normalized spacial score (nSPS) is 13.8. The van der Waals surface area contributed by atoms with Crippen molar-refractivity contribution in [1.82, 2.24) is 0 Å². The molecule has 3 nitrogen and oxygen atoms in total. The lowest BCUT2D eigenvalue weighted by molar-refractivity contribution is 0.135. The van der Waals surface area contributed by atoms with Crippen LogP contribution in [0.1, 0.15) is 57.6 Å². The van der Waals surface area contributed by atoms with E-state index < -0.39 is 6.10 Å². The number of rotatable bonds is 9. The molecular formula is C17H28O3. The van der Waals surface area contributed by atoms with Crippen molar-refractivity contribution < 1.29 is 14.6 Å².